The number of nitrogens with zero attached hydrogens (tertiary/aromatic N) is 6. The van der Waals surface area contributed by atoms with Crippen LogP contribution in [0.2, 0.25) is 5.02 Å². The normalized spacial score (nSPS) is 16.1. The molecule has 30 heavy (non-hydrogen) atoms. The van der Waals surface area contributed by atoms with Gasteiger partial charge in [0.05, 0.1) is 12.0 Å². The Bertz CT molecular complexity index is 1180. The van der Waals surface area contributed by atoms with E-state index in [1.807, 2.05) is 35.0 Å². The second kappa shape index (κ2) is 7.85. The van der Waals surface area contributed by atoms with Crippen molar-refractivity contribution in [3.05, 3.63) is 75.8 Å². The molecule has 10 heteroatoms. The molecule has 0 spiro atoms. The molecule has 4 heterocycles. The van der Waals surface area contributed by atoms with Crippen molar-refractivity contribution < 1.29 is 9.21 Å². The highest BCUT2D eigenvalue weighted by molar-refractivity contribution is 7.08. The Hall–Kier alpha value is -3.30. The van der Waals surface area contributed by atoms with Crippen molar-refractivity contribution in [1.29, 1.82) is 0 Å². The maximum absolute atomic E-state index is 13.1. The Labute approximate surface area is 180 Å². The van der Waals surface area contributed by atoms with E-state index in [4.69, 9.17) is 16.0 Å². The minimum atomic E-state index is -0.335. The van der Waals surface area contributed by atoms with E-state index in [0.29, 0.717) is 23.0 Å². The third-order valence-electron chi connectivity index (χ3n) is 4.72. The van der Waals surface area contributed by atoms with Gasteiger partial charge >= 0.3 is 0 Å². The van der Waals surface area contributed by atoms with E-state index in [1.165, 1.54) is 9.81 Å². The van der Waals surface area contributed by atoms with Crippen LogP contribution in [0, 0.1) is 0 Å². The molecule has 1 amide bonds. The average Bonchev–Trinajstić information content (AvgIpc) is 3.55. The van der Waals surface area contributed by atoms with E-state index in [2.05, 4.69) is 20.5 Å². The summed E-state index contributed by atoms with van der Waals surface area (Å²) in [6.45, 7) is -0.0776. The van der Waals surface area contributed by atoms with Crippen molar-refractivity contribution in [1.82, 2.24) is 25.2 Å². The van der Waals surface area contributed by atoms with Crippen LogP contribution in [0.15, 0.2) is 69.0 Å². The predicted octanol–water partition coefficient (Wildman–Crippen LogP) is 4.03. The zero-order valence-electron chi connectivity index (χ0n) is 15.6. The molecule has 0 unspecified atom stereocenters. The van der Waals surface area contributed by atoms with Crippen LogP contribution in [-0.2, 0) is 11.3 Å². The molecule has 0 radical (unpaired) electrons. The first-order valence-corrected chi connectivity index (χ1v) is 10.5. The fraction of sp³-hybridized carbons (Fsp3) is 0.150. The summed E-state index contributed by atoms with van der Waals surface area (Å²) in [6.07, 6.45) is 2.12. The van der Waals surface area contributed by atoms with Crippen LogP contribution >= 0.6 is 22.9 Å². The van der Waals surface area contributed by atoms with Crippen molar-refractivity contribution in [2.75, 3.05) is 0 Å². The molecule has 1 aliphatic rings. The van der Waals surface area contributed by atoms with E-state index < -0.39 is 0 Å². The Kier molecular flexibility index (Phi) is 4.89. The fourth-order valence-corrected chi connectivity index (χ4v) is 4.03. The van der Waals surface area contributed by atoms with Gasteiger partial charge in [-0.2, -0.15) is 21.2 Å². The van der Waals surface area contributed by atoms with Crippen molar-refractivity contribution in [2.45, 2.75) is 19.0 Å². The number of hydrogen-bond donors (Lipinski definition) is 0. The molecule has 0 saturated heterocycles. The summed E-state index contributed by atoms with van der Waals surface area (Å²) in [6, 6.07) is 12.6. The molecule has 1 aliphatic heterocycles. The highest BCUT2D eigenvalue weighted by Gasteiger charge is 2.35. The van der Waals surface area contributed by atoms with Gasteiger partial charge in [-0.05, 0) is 46.5 Å². The number of aromatic nitrogens is 4. The minimum absolute atomic E-state index is 0.0776. The molecular formula is C20H15ClN6O2S. The average molecular weight is 439 g/mol. The van der Waals surface area contributed by atoms with E-state index in [9.17, 15) is 4.79 Å². The Morgan fingerprint density at radius 2 is 2.07 bits per heavy atom. The van der Waals surface area contributed by atoms with Gasteiger partial charge in [-0.15, -0.1) is 10.2 Å². The van der Waals surface area contributed by atoms with E-state index in [-0.39, 0.29) is 18.5 Å². The third kappa shape index (κ3) is 3.64. The summed E-state index contributed by atoms with van der Waals surface area (Å²) in [7, 11) is 0. The summed E-state index contributed by atoms with van der Waals surface area (Å²) >= 11 is 7.54. The van der Waals surface area contributed by atoms with Gasteiger partial charge in [0.2, 0.25) is 5.82 Å². The number of tetrazole rings is 1. The van der Waals surface area contributed by atoms with Crippen LogP contribution in [0.25, 0.3) is 11.4 Å². The maximum atomic E-state index is 13.1. The largest absolute Gasteiger partial charge is 0.467 e. The smallest absolute Gasteiger partial charge is 0.267 e. The Morgan fingerprint density at radius 3 is 2.80 bits per heavy atom. The number of thiophene rings is 1. The number of carbonyl (C=O) groups is 1. The molecule has 0 N–H and O–H groups in total. The van der Waals surface area contributed by atoms with Gasteiger partial charge in [0, 0.05) is 22.4 Å². The second-order valence-corrected chi connectivity index (χ2v) is 7.90. The van der Waals surface area contributed by atoms with E-state index in [1.54, 1.807) is 35.8 Å². The topological polar surface area (TPSA) is 89.4 Å². The summed E-state index contributed by atoms with van der Waals surface area (Å²) in [5.74, 6) is 0.898. The summed E-state index contributed by atoms with van der Waals surface area (Å²) in [5.41, 5.74) is 2.56. The number of furan rings is 1. The lowest BCUT2D eigenvalue weighted by atomic mass is 10.0. The number of halogens is 1. The molecule has 0 aliphatic carbocycles. The summed E-state index contributed by atoms with van der Waals surface area (Å²) in [5, 5.41) is 22.9. The molecule has 0 fully saturated rings. The first kappa shape index (κ1) is 18.7. The minimum Gasteiger partial charge on any atom is -0.467 e. The van der Waals surface area contributed by atoms with Crippen LogP contribution in [-0.4, -0.2) is 36.8 Å². The number of amides is 1. The molecule has 0 bridgehead atoms. The fourth-order valence-electron chi connectivity index (χ4n) is 3.27. The van der Waals surface area contributed by atoms with E-state index in [0.717, 1.165) is 16.8 Å². The third-order valence-corrected chi connectivity index (χ3v) is 5.66. The van der Waals surface area contributed by atoms with Gasteiger partial charge in [0.1, 0.15) is 18.3 Å². The van der Waals surface area contributed by atoms with Crippen LogP contribution in [0.3, 0.4) is 0 Å². The number of carbonyl (C=O) groups excluding carboxylic acids is 1. The molecule has 1 aromatic carbocycles. The van der Waals surface area contributed by atoms with Gasteiger partial charge in [-0.25, -0.2) is 5.01 Å². The second-order valence-electron chi connectivity index (χ2n) is 6.68. The molecule has 8 nitrogen and oxygen atoms in total. The molecule has 0 saturated carbocycles. The number of hydrazone groups is 1. The van der Waals surface area contributed by atoms with Crippen molar-refractivity contribution in [3.8, 4) is 11.4 Å². The molecule has 5 rings (SSSR count). The van der Waals surface area contributed by atoms with Crippen LogP contribution in [0.5, 0.6) is 0 Å². The molecule has 1 atom stereocenters. The molecular weight excluding hydrogens is 424 g/mol. The molecule has 150 valence electrons. The van der Waals surface area contributed by atoms with Gasteiger partial charge in [-0.3, -0.25) is 4.79 Å². The SMILES string of the molecule is O=C(Cn1nnc(-c2ccsc2)n1)N1N=C(c2ccc(Cl)cc2)C[C@@H]1c1ccco1. The zero-order chi connectivity index (χ0) is 20.5. The zero-order valence-corrected chi connectivity index (χ0v) is 17.1. The van der Waals surface area contributed by atoms with Crippen molar-refractivity contribution in [3.63, 3.8) is 0 Å². The Morgan fingerprint density at radius 1 is 1.20 bits per heavy atom. The Balaban J connectivity index is 1.40. The van der Waals surface area contributed by atoms with Crippen molar-refractivity contribution in [2.24, 2.45) is 5.10 Å². The van der Waals surface area contributed by atoms with Crippen LogP contribution in [0.1, 0.15) is 23.8 Å². The summed E-state index contributed by atoms with van der Waals surface area (Å²) in [4.78, 5) is 14.4. The lowest BCUT2D eigenvalue weighted by Gasteiger charge is -2.19. The van der Waals surface area contributed by atoms with E-state index >= 15 is 0 Å². The highest BCUT2D eigenvalue weighted by atomic mass is 35.5. The van der Waals surface area contributed by atoms with Gasteiger partial charge in [0.25, 0.3) is 5.91 Å². The van der Waals surface area contributed by atoms with Gasteiger partial charge < -0.3 is 4.42 Å². The van der Waals surface area contributed by atoms with Gasteiger partial charge in [-0.1, -0.05) is 23.7 Å². The lowest BCUT2D eigenvalue weighted by Crippen LogP contribution is -2.31. The summed E-state index contributed by atoms with van der Waals surface area (Å²) < 4.78 is 5.57. The monoisotopic (exact) mass is 438 g/mol. The van der Waals surface area contributed by atoms with Crippen molar-refractivity contribution >= 4 is 34.6 Å². The highest BCUT2D eigenvalue weighted by Crippen LogP contribution is 2.33. The number of hydrogen-bond acceptors (Lipinski definition) is 7. The maximum Gasteiger partial charge on any atom is 0.267 e. The standard InChI is InChI=1S/C20H15ClN6O2S/c21-15-5-3-13(4-6-15)16-10-17(18-2-1-8-29-18)27(23-16)19(28)11-26-24-20(22-25-26)14-7-9-30-12-14/h1-9,12,17H,10-11H2/t17-/m1/s1. The lowest BCUT2D eigenvalue weighted by molar-refractivity contribution is -0.134. The van der Waals surface area contributed by atoms with Gasteiger partial charge in [0.15, 0.2) is 0 Å². The quantitative estimate of drug-likeness (QED) is 0.469. The molecule has 3 aromatic heterocycles. The first-order chi connectivity index (χ1) is 14.7. The van der Waals surface area contributed by atoms with Crippen LogP contribution in [0.4, 0.5) is 0 Å². The number of benzene rings is 1. The first-order valence-electron chi connectivity index (χ1n) is 9.16. The predicted molar refractivity (Wildman–Crippen MR) is 112 cm³/mol. The molecule has 4 aromatic rings. The van der Waals surface area contributed by atoms with Crippen LogP contribution < -0.4 is 0 Å². The number of rotatable bonds is 5.